The lowest BCUT2D eigenvalue weighted by atomic mass is 10.2. The van der Waals surface area contributed by atoms with Crippen LogP contribution in [-0.4, -0.2) is 14.3 Å². The van der Waals surface area contributed by atoms with Gasteiger partial charge in [0.1, 0.15) is 0 Å². The predicted octanol–water partition coefficient (Wildman–Crippen LogP) is 2.80. The molecule has 0 saturated heterocycles. The predicted molar refractivity (Wildman–Crippen MR) is 78.1 cm³/mol. The van der Waals surface area contributed by atoms with E-state index >= 15 is 0 Å². The molecule has 4 heteroatoms. The zero-order chi connectivity index (χ0) is 13.4. The van der Waals surface area contributed by atoms with Crippen LogP contribution in [0.2, 0.25) is 0 Å². The van der Waals surface area contributed by atoms with Crippen molar-refractivity contribution in [3.63, 3.8) is 0 Å². The second-order valence-electron chi connectivity index (χ2n) is 4.85. The number of hydrogen-bond donors (Lipinski definition) is 1. The summed E-state index contributed by atoms with van der Waals surface area (Å²) in [6.45, 7) is 5.88. The number of nitrogens with zero attached hydrogens (tertiary/aromatic N) is 3. The molecule has 0 saturated carbocycles. The Labute approximate surface area is 112 Å². The van der Waals surface area contributed by atoms with Crippen LogP contribution in [0.3, 0.4) is 0 Å². The van der Waals surface area contributed by atoms with E-state index in [0.717, 1.165) is 24.5 Å². The lowest BCUT2D eigenvalue weighted by Gasteiger charge is -2.07. The number of nitrogens with two attached hydrogens (primary N) is 1. The van der Waals surface area contributed by atoms with Gasteiger partial charge in [0.15, 0.2) is 0 Å². The van der Waals surface area contributed by atoms with Gasteiger partial charge in [0, 0.05) is 29.3 Å². The van der Waals surface area contributed by atoms with Gasteiger partial charge in [0.05, 0.1) is 17.9 Å². The second-order valence-corrected chi connectivity index (χ2v) is 4.85. The summed E-state index contributed by atoms with van der Waals surface area (Å²) in [7, 11) is 0. The third kappa shape index (κ3) is 2.10. The molecule has 98 valence electrons. The number of hydrogen-bond acceptors (Lipinski definition) is 2. The fraction of sp³-hybridized carbons (Fsp3) is 0.267. The van der Waals surface area contributed by atoms with Gasteiger partial charge in [0.25, 0.3) is 0 Å². The monoisotopic (exact) mass is 254 g/mol. The quantitative estimate of drug-likeness (QED) is 0.731. The number of aromatic nitrogens is 3. The molecule has 0 atom stereocenters. The number of anilines is 1. The molecular formula is C15H18N4. The molecule has 0 aliphatic heterocycles. The highest BCUT2D eigenvalue weighted by Crippen LogP contribution is 2.20. The lowest BCUT2D eigenvalue weighted by Crippen LogP contribution is -2.07. The van der Waals surface area contributed by atoms with Crippen LogP contribution in [0, 0.1) is 6.92 Å². The minimum Gasteiger partial charge on any atom is -0.399 e. The number of fused-ring (bicyclic) bond motifs is 1. The zero-order valence-corrected chi connectivity index (χ0v) is 11.3. The number of nitrogen functional groups attached to an aromatic ring is 1. The molecule has 0 bridgehead atoms. The van der Waals surface area contributed by atoms with E-state index in [1.54, 1.807) is 0 Å². The van der Waals surface area contributed by atoms with Crippen molar-refractivity contribution in [2.75, 3.05) is 5.73 Å². The van der Waals surface area contributed by atoms with Gasteiger partial charge in [-0.3, -0.25) is 4.68 Å². The summed E-state index contributed by atoms with van der Waals surface area (Å²) in [4.78, 5) is 0. The molecule has 1 aromatic carbocycles. The summed E-state index contributed by atoms with van der Waals surface area (Å²) in [6, 6.07) is 10.3. The number of benzene rings is 1. The van der Waals surface area contributed by atoms with E-state index in [4.69, 9.17) is 5.73 Å². The first kappa shape index (κ1) is 11.8. The van der Waals surface area contributed by atoms with E-state index in [9.17, 15) is 0 Å². The Morgan fingerprint density at radius 1 is 1.21 bits per heavy atom. The van der Waals surface area contributed by atoms with E-state index < -0.39 is 0 Å². The van der Waals surface area contributed by atoms with Gasteiger partial charge in [0.2, 0.25) is 0 Å². The first-order valence-corrected chi connectivity index (χ1v) is 6.55. The van der Waals surface area contributed by atoms with Crippen LogP contribution < -0.4 is 5.73 Å². The molecule has 3 aromatic rings. The summed E-state index contributed by atoms with van der Waals surface area (Å²) < 4.78 is 4.29. The molecule has 0 spiro atoms. The largest absolute Gasteiger partial charge is 0.399 e. The van der Waals surface area contributed by atoms with Gasteiger partial charge in [-0.2, -0.15) is 5.10 Å². The summed E-state index contributed by atoms with van der Waals surface area (Å²) in [6.07, 6.45) is 2.10. The molecule has 3 rings (SSSR count). The van der Waals surface area contributed by atoms with Crippen LogP contribution in [0.1, 0.15) is 18.3 Å². The van der Waals surface area contributed by atoms with E-state index in [2.05, 4.69) is 45.7 Å². The van der Waals surface area contributed by atoms with Gasteiger partial charge >= 0.3 is 0 Å². The Morgan fingerprint density at radius 2 is 2.05 bits per heavy atom. The molecule has 4 nitrogen and oxygen atoms in total. The topological polar surface area (TPSA) is 48.8 Å². The summed E-state index contributed by atoms with van der Waals surface area (Å²) in [5, 5.41) is 5.67. The molecular weight excluding hydrogens is 236 g/mol. The molecule has 0 radical (unpaired) electrons. The molecule has 0 aliphatic rings. The average Bonchev–Trinajstić information content (AvgIpc) is 2.93. The van der Waals surface area contributed by atoms with Crippen molar-refractivity contribution in [2.24, 2.45) is 0 Å². The fourth-order valence-corrected chi connectivity index (χ4v) is 2.53. The highest BCUT2D eigenvalue weighted by atomic mass is 15.3. The van der Waals surface area contributed by atoms with Crippen LogP contribution in [0.25, 0.3) is 10.9 Å². The van der Waals surface area contributed by atoms with Crippen molar-refractivity contribution in [3.8, 4) is 0 Å². The Hall–Kier alpha value is -2.23. The molecule has 19 heavy (non-hydrogen) atoms. The Balaban J connectivity index is 2.01. The molecule has 0 amide bonds. The molecule has 0 unspecified atom stereocenters. The van der Waals surface area contributed by atoms with Gasteiger partial charge in [-0.15, -0.1) is 0 Å². The smallest absolute Gasteiger partial charge is 0.0645 e. The highest BCUT2D eigenvalue weighted by molar-refractivity contribution is 5.83. The van der Waals surface area contributed by atoms with E-state index in [1.165, 1.54) is 16.6 Å². The van der Waals surface area contributed by atoms with E-state index in [-0.39, 0.29) is 0 Å². The molecule has 2 heterocycles. The van der Waals surface area contributed by atoms with Crippen LogP contribution in [0.4, 0.5) is 5.69 Å². The number of aryl methyl sites for hydroxylation is 2. The van der Waals surface area contributed by atoms with Crippen LogP contribution in [0.5, 0.6) is 0 Å². The normalized spacial score (nSPS) is 11.3. The Morgan fingerprint density at radius 3 is 2.84 bits per heavy atom. The van der Waals surface area contributed by atoms with Crippen molar-refractivity contribution >= 4 is 16.6 Å². The minimum atomic E-state index is 0.805. The van der Waals surface area contributed by atoms with Crippen LogP contribution >= 0.6 is 0 Å². The minimum absolute atomic E-state index is 0.805. The molecule has 0 fully saturated rings. The maximum atomic E-state index is 5.81. The van der Waals surface area contributed by atoms with Gasteiger partial charge in [-0.1, -0.05) is 0 Å². The standard InChI is InChI=1S/C15H18N4/c1-3-19-14(8-11(2)17-19)10-18-7-6-12-9-13(16)4-5-15(12)18/h4-9H,3,10,16H2,1-2H3. The molecule has 2 N–H and O–H groups in total. The van der Waals surface area contributed by atoms with Crippen molar-refractivity contribution < 1.29 is 0 Å². The lowest BCUT2D eigenvalue weighted by molar-refractivity contribution is 0.602. The summed E-state index contributed by atoms with van der Waals surface area (Å²) in [5.41, 5.74) is 10.1. The number of rotatable bonds is 3. The molecule has 0 aliphatic carbocycles. The van der Waals surface area contributed by atoms with Crippen molar-refractivity contribution in [2.45, 2.75) is 26.9 Å². The van der Waals surface area contributed by atoms with Crippen LogP contribution in [-0.2, 0) is 13.1 Å². The highest BCUT2D eigenvalue weighted by Gasteiger charge is 2.07. The fourth-order valence-electron chi connectivity index (χ4n) is 2.53. The maximum absolute atomic E-state index is 5.81. The molecule has 2 aromatic heterocycles. The zero-order valence-electron chi connectivity index (χ0n) is 11.3. The third-order valence-corrected chi connectivity index (χ3v) is 3.41. The SMILES string of the molecule is CCn1nc(C)cc1Cn1ccc2cc(N)ccc21. The summed E-state index contributed by atoms with van der Waals surface area (Å²) in [5.74, 6) is 0. The second kappa shape index (κ2) is 4.46. The van der Waals surface area contributed by atoms with Gasteiger partial charge in [-0.05, 0) is 44.2 Å². The Kier molecular flexibility index (Phi) is 2.78. The van der Waals surface area contributed by atoms with E-state index in [0.29, 0.717) is 0 Å². The first-order valence-electron chi connectivity index (χ1n) is 6.55. The van der Waals surface area contributed by atoms with E-state index in [1.807, 2.05) is 19.1 Å². The average molecular weight is 254 g/mol. The summed E-state index contributed by atoms with van der Waals surface area (Å²) >= 11 is 0. The van der Waals surface area contributed by atoms with Crippen molar-refractivity contribution in [1.29, 1.82) is 0 Å². The van der Waals surface area contributed by atoms with Gasteiger partial charge in [-0.25, -0.2) is 0 Å². The van der Waals surface area contributed by atoms with Crippen molar-refractivity contribution in [1.82, 2.24) is 14.3 Å². The van der Waals surface area contributed by atoms with Gasteiger partial charge < -0.3 is 10.3 Å². The van der Waals surface area contributed by atoms with Crippen molar-refractivity contribution in [3.05, 3.63) is 47.9 Å². The third-order valence-electron chi connectivity index (χ3n) is 3.41. The first-order chi connectivity index (χ1) is 9.17. The Bertz CT molecular complexity index is 721. The maximum Gasteiger partial charge on any atom is 0.0645 e. The van der Waals surface area contributed by atoms with Crippen LogP contribution in [0.15, 0.2) is 36.5 Å².